The number of thioether (sulfide) groups is 1. The quantitative estimate of drug-likeness (QED) is 0.459. The summed E-state index contributed by atoms with van der Waals surface area (Å²) < 4.78 is 0. The summed E-state index contributed by atoms with van der Waals surface area (Å²) in [6.07, 6.45) is 1.28. The Balaban J connectivity index is 2.73. The summed E-state index contributed by atoms with van der Waals surface area (Å²) >= 11 is 0.945. The van der Waals surface area contributed by atoms with E-state index in [2.05, 4.69) is 4.98 Å². The van der Waals surface area contributed by atoms with Crippen LogP contribution in [0.4, 0.5) is 5.69 Å². The molecule has 1 heterocycles. The Labute approximate surface area is 83.1 Å². The number of carboxylic acids is 1. The van der Waals surface area contributed by atoms with Crippen LogP contribution in [0, 0.1) is 10.1 Å². The average Bonchev–Trinajstić information content (AvgIpc) is 2.15. The maximum absolute atomic E-state index is 10.3. The lowest BCUT2D eigenvalue weighted by Gasteiger charge is -1.96. The van der Waals surface area contributed by atoms with Crippen LogP contribution < -0.4 is 0 Å². The Bertz CT molecular complexity index is 368. The van der Waals surface area contributed by atoms with E-state index in [9.17, 15) is 14.9 Å². The van der Waals surface area contributed by atoms with E-state index in [0.29, 0.717) is 5.03 Å². The SMILES string of the molecule is O=C(O)CSc1cc([N+](=O)[O-])ccn1. The van der Waals surface area contributed by atoms with Gasteiger partial charge in [-0.25, -0.2) is 4.98 Å². The van der Waals surface area contributed by atoms with Gasteiger partial charge in [0.2, 0.25) is 0 Å². The highest BCUT2D eigenvalue weighted by molar-refractivity contribution is 7.99. The van der Waals surface area contributed by atoms with Crippen molar-refractivity contribution in [3.63, 3.8) is 0 Å². The van der Waals surface area contributed by atoms with E-state index in [1.165, 1.54) is 18.3 Å². The molecule has 0 saturated heterocycles. The normalized spacial score (nSPS) is 9.71. The largest absolute Gasteiger partial charge is 0.481 e. The van der Waals surface area contributed by atoms with Crippen LogP contribution in [0.25, 0.3) is 0 Å². The molecule has 0 unspecified atom stereocenters. The minimum absolute atomic E-state index is 0.0899. The molecule has 0 spiro atoms. The fourth-order valence-corrected chi connectivity index (χ4v) is 1.34. The predicted octanol–water partition coefficient (Wildman–Crippen LogP) is 1.17. The summed E-state index contributed by atoms with van der Waals surface area (Å²) in [4.78, 5) is 23.8. The maximum atomic E-state index is 10.3. The summed E-state index contributed by atoms with van der Waals surface area (Å²) in [5, 5.41) is 19.0. The van der Waals surface area contributed by atoms with Gasteiger partial charge in [-0.3, -0.25) is 14.9 Å². The van der Waals surface area contributed by atoms with E-state index >= 15 is 0 Å². The Morgan fingerprint density at radius 1 is 1.71 bits per heavy atom. The molecule has 0 fully saturated rings. The molecule has 0 saturated carbocycles. The van der Waals surface area contributed by atoms with Gasteiger partial charge in [-0.15, -0.1) is 0 Å². The van der Waals surface area contributed by atoms with Crippen LogP contribution in [0.15, 0.2) is 23.4 Å². The number of pyridine rings is 1. The minimum Gasteiger partial charge on any atom is -0.481 e. The Kier molecular flexibility index (Phi) is 3.41. The van der Waals surface area contributed by atoms with E-state index < -0.39 is 10.9 Å². The smallest absolute Gasteiger partial charge is 0.313 e. The second-order valence-electron chi connectivity index (χ2n) is 2.29. The topological polar surface area (TPSA) is 93.3 Å². The molecule has 14 heavy (non-hydrogen) atoms. The number of nitro groups is 1. The molecule has 0 aromatic carbocycles. The van der Waals surface area contributed by atoms with Crippen molar-refractivity contribution in [3.8, 4) is 0 Å². The lowest BCUT2D eigenvalue weighted by molar-refractivity contribution is -0.385. The Morgan fingerprint density at radius 3 is 3.00 bits per heavy atom. The van der Waals surface area contributed by atoms with Gasteiger partial charge in [0.05, 0.1) is 10.7 Å². The molecular formula is C7H6N2O4S. The summed E-state index contributed by atoms with van der Waals surface area (Å²) in [5.74, 6) is -1.14. The molecular weight excluding hydrogens is 208 g/mol. The first-order valence-electron chi connectivity index (χ1n) is 3.54. The average molecular weight is 214 g/mol. The van der Waals surface area contributed by atoms with Crippen molar-refractivity contribution in [1.82, 2.24) is 4.98 Å². The maximum Gasteiger partial charge on any atom is 0.313 e. The highest BCUT2D eigenvalue weighted by Crippen LogP contribution is 2.19. The molecule has 6 nitrogen and oxygen atoms in total. The van der Waals surface area contributed by atoms with Gasteiger partial charge in [-0.05, 0) is 0 Å². The van der Waals surface area contributed by atoms with Crippen LogP contribution in [-0.2, 0) is 4.79 Å². The summed E-state index contributed by atoms with van der Waals surface area (Å²) in [5.41, 5.74) is -0.0899. The van der Waals surface area contributed by atoms with E-state index in [4.69, 9.17) is 5.11 Å². The summed E-state index contributed by atoms with van der Waals surface area (Å²) in [7, 11) is 0. The number of aliphatic carboxylic acids is 1. The monoisotopic (exact) mass is 214 g/mol. The second kappa shape index (κ2) is 4.56. The molecule has 0 bridgehead atoms. The Hall–Kier alpha value is -1.63. The molecule has 1 N–H and O–H groups in total. The third-order valence-electron chi connectivity index (χ3n) is 1.27. The highest BCUT2D eigenvalue weighted by Gasteiger charge is 2.08. The first kappa shape index (κ1) is 10.5. The van der Waals surface area contributed by atoms with Crippen molar-refractivity contribution >= 4 is 23.4 Å². The van der Waals surface area contributed by atoms with Gasteiger partial charge in [-0.1, -0.05) is 11.8 Å². The second-order valence-corrected chi connectivity index (χ2v) is 3.29. The molecule has 0 atom stereocenters. The van der Waals surface area contributed by atoms with Gasteiger partial charge in [0.15, 0.2) is 0 Å². The van der Waals surface area contributed by atoms with Gasteiger partial charge in [-0.2, -0.15) is 0 Å². The van der Waals surface area contributed by atoms with Crippen LogP contribution in [0.1, 0.15) is 0 Å². The highest BCUT2D eigenvalue weighted by atomic mass is 32.2. The number of carbonyl (C=O) groups is 1. The number of rotatable bonds is 4. The van der Waals surface area contributed by atoms with Crippen molar-refractivity contribution in [3.05, 3.63) is 28.4 Å². The van der Waals surface area contributed by atoms with E-state index in [0.717, 1.165) is 11.8 Å². The lowest BCUT2D eigenvalue weighted by Crippen LogP contribution is -1.98. The van der Waals surface area contributed by atoms with Gasteiger partial charge < -0.3 is 5.11 Å². The third-order valence-corrected chi connectivity index (χ3v) is 2.18. The molecule has 0 amide bonds. The van der Waals surface area contributed by atoms with Crippen molar-refractivity contribution in [2.75, 3.05) is 5.75 Å². The van der Waals surface area contributed by atoms with E-state index in [-0.39, 0.29) is 11.4 Å². The molecule has 74 valence electrons. The summed E-state index contributed by atoms with van der Waals surface area (Å²) in [6.45, 7) is 0. The van der Waals surface area contributed by atoms with Crippen LogP contribution in [0.3, 0.4) is 0 Å². The number of nitrogens with zero attached hydrogens (tertiary/aromatic N) is 2. The molecule has 7 heteroatoms. The van der Waals surface area contributed by atoms with E-state index in [1.807, 2.05) is 0 Å². The van der Waals surface area contributed by atoms with Crippen molar-refractivity contribution in [1.29, 1.82) is 0 Å². The van der Waals surface area contributed by atoms with Crippen LogP contribution in [-0.4, -0.2) is 26.7 Å². The fraction of sp³-hybridized carbons (Fsp3) is 0.143. The molecule has 1 aromatic rings. The zero-order valence-electron chi connectivity index (χ0n) is 6.91. The van der Waals surface area contributed by atoms with Gasteiger partial charge >= 0.3 is 5.97 Å². The number of hydrogen-bond acceptors (Lipinski definition) is 5. The molecule has 0 radical (unpaired) electrons. The van der Waals surface area contributed by atoms with Gasteiger partial charge in [0.25, 0.3) is 5.69 Å². The fourth-order valence-electron chi connectivity index (χ4n) is 0.727. The first-order chi connectivity index (χ1) is 6.59. The molecule has 0 aliphatic heterocycles. The van der Waals surface area contributed by atoms with Gasteiger partial charge in [0.1, 0.15) is 5.03 Å². The van der Waals surface area contributed by atoms with Gasteiger partial charge in [0, 0.05) is 18.3 Å². The lowest BCUT2D eigenvalue weighted by atomic mass is 10.4. The van der Waals surface area contributed by atoms with Crippen LogP contribution in [0.5, 0.6) is 0 Å². The molecule has 0 aliphatic rings. The zero-order valence-corrected chi connectivity index (χ0v) is 7.73. The third kappa shape index (κ3) is 3.02. The number of hydrogen-bond donors (Lipinski definition) is 1. The standard InChI is InChI=1S/C7H6N2O4S/c10-7(11)4-14-6-3-5(9(12)13)1-2-8-6/h1-3H,4H2,(H,10,11). The van der Waals surface area contributed by atoms with Crippen LogP contribution >= 0.6 is 11.8 Å². The molecule has 1 rings (SSSR count). The molecule has 1 aromatic heterocycles. The van der Waals surface area contributed by atoms with Crippen molar-refractivity contribution < 1.29 is 14.8 Å². The van der Waals surface area contributed by atoms with Crippen molar-refractivity contribution in [2.45, 2.75) is 5.03 Å². The first-order valence-corrected chi connectivity index (χ1v) is 4.53. The molecule has 0 aliphatic carbocycles. The summed E-state index contributed by atoms with van der Waals surface area (Å²) in [6, 6.07) is 2.50. The Morgan fingerprint density at radius 2 is 2.43 bits per heavy atom. The number of carboxylic acid groups (broad SMARTS) is 1. The van der Waals surface area contributed by atoms with Crippen molar-refractivity contribution in [2.24, 2.45) is 0 Å². The van der Waals surface area contributed by atoms with E-state index in [1.54, 1.807) is 0 Å². The zero-order chi connectivity index (χ0) is 10.6. The number of aromatic nitrogens is 1. The van der Waals surface area contributed by atoms with Crippen LogP contribution in [0.2, 0.25) is 0 Å². The predicted molar refractivity (Wildman–Crippen MR) is 49.3 cm³/mol. The minimum atomic E-state index is -0.983.